The number of nitrogens with zero attached hydrogens (tertiary/aromatic N) is 2. The van der Waals surface area contributed by atoms with Gasteiger partial charge in [-0.1, -0.05) is 12.1 Å². The average Bonchev–Trinajstić information content (AvgIpc) is 2.48. The van der Waals surface area contributed by atoms with Crippen LogP contribution in [-0.2, 0) is 17.8 Å². The van der Waals surface area contributed by atoms with Gasteiger partial charge < -0.3 is 10.1 Å². The number of hydrogen-bond acceptors (Lipinski definition) is 5. The molecule has 0 radical (unpaired) electrons. The SMILES string of the molecule is COC(=O)c1ccc(CNCc2cccnn2)cc1. The van der Waals surface area contributed by atoms with Gasteiger partial charge in [0.05, 0.1) is 18.4 Å². The number of ether oxygens (including phenoxy) is 1. The van der Waals surface area contributed by atoms with Crippen LogP contribution in [0.4, 0.5) is 0 Å². The van der Waals surface area contributed by atoms with Gasteiger partial charge in [-0.15, -0.1) is 0 Å². The first-order valence-electron chi connectivity index (χ1n) is 5.94. The Kier molecular flexibility index (Phi) is 4.58. The monoisotopic (exact) mass is 257 g/mol. The Bertz CT molecular complexity index is 526. The van der Waals surface area contributed by atoms with Gasteiger partial charge in [-0.25, -0.2) is 4.79 Å². The number of methoxy groups -OCH3 is 1. The molecule has 0 saturated carbocycles. The van der Waals surface area contributed by atoms with Crippen molar-refractivity contribution in [1.82, 2.24) is 15.5 Å². The molecule has 1 aromatic carbocycles. The highest BCUT2D eigenvalue weighted by Crippen LogP contribution is 2.05. The molecule has 0 aliphatic carbocycles. The summed E-state index contributed by atoms with van der Waals surface area (Å²) in [5.74, 6) is -0.320. The van der Waals surface area contributed by atoms with Gasteiger partial charge >= 0.3 is 5.97 Å². The van der Waals surface area contributed by atoms with Crippen molar-refractivity contribution in [2.75, 3.05) is 7.11 Å². The van der Waals surface area contributed by atoms with Crippen molar-refractivity contribution in [1.29, 1.82) is 0 Å². The lowest BCUT2D eigenvalue weighted by Crippen LogP contribution is -2.14. The van der Waals surface area contributed by atoms with Gasteiger partial charge in [-0.05, 0) is 29.8 Å². The lowest BCUT2D eigenvalue weighted by Gasteiger charge is -2.05. The Hall–Kier alpha value is -2.27. The molecule has 0 spiro atoms. The average molecular weight is 257 g/mol. The van der Waals surface area contributed by atoms with Crippen LogP contribution in [0.15, 0.2) is 42.6 Å². The predicted octanol–water partition coefficient (Wildman–Crippen LogP) is 1.55. The molecule has 5 nitrogen and oxygen atoms in total. The van der Waals surface area contributed by atoms with E-state index in [9.17, 15) is 4.79 Å². The Balaban J connectivity index is 1.85. The fourth-order valence-electron chi connectivity index (χ4n) is 1.64. The highest BCUT2D eigenvalue weighted by molar-refractivity contribution is 5.89. The highest BCUT2D eigenvalue weighted by atomic mass is 16.5. The molecule has 0 saturated heterocycles. The zero-order chi connectivity index (χ0) is 13.5. The molecule has 0 unspecified atom stereocenters. The van der Waals surface area contributed by atoms with Crippen LogP contribution in [0.5, 0.6) is 0 Å². The molecule has 1 heterocycles. The van der Waals surface area contributed by atoms with Crippen LogP contribution in [-0.4, -0.2) is 23.3 Å². The molecule has 5 heteroatoms. The molecular formula is C14H15N3O2. The standard InChI is InChI=1S/C14H15N3O2/c1-19-14(18)12-6-4-11(5-7-12)9-15-10-13-3-2-8-16-17-13/h2-8,15H,9-10H2,1H3. The fourth-order valence-corrected chi connectivity index (χ4v) is 1.64. The van der Waals surface area contributed by atoms with E-state index < -0.39 is 0 Å². The summed E-state index contributed by atoms with van der Waals surface area (Å²) in [6.45, 7) is 1.37. The molecule has 1 N–H and O–H groups in total. The highest BCUT2D eigenvalue weighted by Gasteiger charge is 2.04. The van der Waals surface area contributed by atoms with E-state index in [1.807, 2.05) is 24.3 Å². The first-order valence-corrected chi connectivity index (χ1v) is 5.94. The number of carbonyl (C=O) groups excluding carboxylic acids is 1. The van der Waals surface area contributed by atoms with Crippen molar-refractivity contribution in [2.45, 2.75) is 13.1 Å². The minimum atomic E-state index is -0.320. The zero-order valence-electron chi connectivity index (χ0n) is 10.7. The number of rotatable bonds is 5. The van der Waals surface area contributed by atoms with Crippen LogP contribution in [0.2, 0.25) is 0 Å². The molecular weight excluding hydrogens is 242 g/mol. The maximum absolute atomic E-state index is 11.3. The minimum Gasteiger partial charge on any atom is -0.465 e. The molecule has 98 valence electrons. The van der Waals surface area contributed by atoms with E-state index in [1.165, 1.54) is 7.11 Å². The number of nitrogens with one attached hydrogen (secondary N) is 1. The first kappa shape index (κ1) is 13.2. The van der Waals surface area contributed by atoms with E-state index in [2.05, 4.69) is 20.3 Å². The number of esters is 1. The second-order valence-electron chi connectivity index (χ2n) is 4.01. The maximum atomic E-state index is 11.3. The number of benzene rings is 1. The van der Waals surface area contributed by atoms with Crippen LogP contribution in [0.1, 0.15) is 21.6 Å². The van der Waals surface area contributed by atoms with E-state index in [4.69, 9.17) is 0 Å². The second kappa shape index (κ2) is 6.61. The Morgan fingerprint density at radius 1 is 1.21 bits per heavy atom. The van der Waals surface area contributed by atoms with Crippen molar-refractivity contribution in [3.8, 4) is 0 Å². The van der Waals surface area contributed by atoms with E-state index in [0.717, 1.165) is 11.3 Å². The van der Waals surface area contributed by atoms with Crippen molar-refractivity contribution in [3.05, 3.63) is 59.4 Å². The first-order chi connectivity index (χ1) is 9.29. The van der Waals surface area contributed by atoms with E-state index in [0.29, 0.717) is 18.7 Å². The van der Waals surface area contributed by atoms with Gasteiger partial charge in [0.2, 0.25) is 0 Å². The normalized spacial score (nSPS) is 10.2. The summed E-state index contributed by atoms with van der Waals surface area (Å²) in [5, 5.41) is 11.1. The topological polar surface area (TPSA) is 64.1 Å². The lowest BCUT2D eigenvalue weighted by atomic mass is 10.1. The third kappa shape index (κ3) is 3.86. The van der Waals surface area contributed by atoms with Gasteiger partial charge in [-0.2, -0.15) is 10.2 Å². The molecule has 0 fully saturated rings. The van der Waals surface area contributed by atoms with Crippen molar-refractivity contribution >= 4 is 5.97 Å². The smallest absolute Gasteiger partial charge is 0.337 e. The summed E-state index contributed by atoms with van der Waals surface area (Å²) in [7, 11) is 1.37. The van der Waals surface area contributed by atoms with Gasteiger partial charge in [0.1, 0.15) is 0 Å². The summed E-state index contributed by atoms with van der Waals surface area (Å²) >= 11 is 0. The molecule has 0 bridgehead atoms. The van der Waals surface area contributed by atoms with Crippen LogP contribution < -0.4 is 5.32 Å². The Morgan fingerprint density at radius 2 is 2.00 bits per heavy atom. The number of aromatic nitrogens is 2. The molecule has 0 aliphatic heterocycles. The molecule has 2 rings (SSSR count). The van der Waals surface area contributed by atoms with Crippen LogP contribution in [0, 0.1) is 0 Å². The maximum Gasteiger partial charge on any atom is 0.337 e. The van der Waals surface area contributed by atoms with Gasteiger partial charge in [-0.3, -0.25) is 0 Å². The van der Waals surface area contributed by atoms with E-state index in [1.54, 1.807) is 18.3 Å². The quantitative estimate of drug-likeness (QED) is 0.823. The third-order valence-electron chi connectivity index (χ3n) is 2.64. The third-order valence-corrected chi connectivity index (χ3v) is 2.64. The summed E-state index contributed by atoms with van der Waals surface area (Å²) in [4.78, 5) is 11.3. The Morgan fingerprint density at radius 3 is 2.63 bits per heavy atom. The van der Waals surface area contributed by atoms with Crippen LogP contribution in [0.25, 0.3) is 0 Å². The molecule has 1 aromatic heterocycles. The van der Waals surface area contributed by atoms with E-state index >= 15 is 0 Å². The van der Waals surface area contributed by atoms with Crippen molar-refractivity contribution < 1.29 is 9.53 Å². The zero-order valence-corrected chi connectivity index (χ0v) is 10.7. The summed E-state index contributed by atoms with van der Waals surface area (Å²) in [5.41, 5.74) is 2.55. The largest absolute Gasteiger partial charge is 0.465 e. The van der Waals surface area contributed by atoms with E-state index in [-0.39, 0.29) is 5.97 Å². The molecule has 0 atom stereocenters. The molecule has 19 heavy (non-hydrogen) atoms. The Labute approximate surface area is 111 Å². The molecule has 2 aromatic rings. The lowest BCUT2D eigenvalue weighted by molar-refractivity contribution is 0.0600. The number of hydrogen-bond donors (Lipinski definition) is 1. The predicted molar refractivity (Wildman–Crippen MR) is 70.4 cm³/mol. The van der Waals surface area contributed by atoms with Gasteiger partial charge in [0, 0.05) is 19.3 Å². The minimum absolute atomic E-state index is 0.320. The molecule has 0 aliphatic rings. The van der Waals surface area contributed by atoms with Crippen molar-refractivity contribution in [2.24, 2.45) is 0 Å². The number of carbonyl (C=O) groups is 1. The van der Waals surface area contributed by atoms with Gasteiger partial charge in [0.15, 0.2) is 0 Å². The summed E-state index contributed by atoms with van der Waals surface area (Å²) < 4.78 is 4.65. The second-order valence-corrected chi connectivity index (χ2v) is 4.01. The van der Waals surface area contributed by atoms with Crippen LogP contribution >= 0.6 is 0 Å². The fraction of sp³-hybridized carbons (Fsp3) is 0.214. The van der Waals surface area contributed by atoms with Gasteiger partial charge in [0.25, 0.3) is 0 Å². The summed E-state index contributed by atoms with van der Waals surface area (Å²) in [6, 6.07) is 11.1. The molecule has 0 amide bonds. The van der Waals surface area contributed by atoms with Crippen molar-refractivity contribution in [3.63, 3.8) is 0 Å². The summed E-state index contributed by atoms with van der Waals surface area (Å²) in [6.07, 6.45) is 1.65. The van der Waals surface area contributed by atoms with Crippen LogP contribution in [0.3, 0.4) is 0 Å².